The van der Waals surface area contributed by atoms with Gasteiger partial charge in [0, 0.05) is 24.9 Å². The number of benzene rings is 3. The normalized spacial score (nSPS) is 11.0. The van der Waals surface area contributed by atoms with E-state index in [2.05, 4.69) is 46.3 Å². The Hall–Kier alpha value is -3.60. The maximum atomic E-state index is 12.1. The van der Waals surface area contributed by atoms with Gasteiger partial charge in [-0.15, -0.1) is 0 Å². The number of carbonyl (C=O) groups is 1. The molecule has 0 atom stereocenters. The lowest BCUT2D eigenvalue weighted by molar-refractivity contribution is -0.121. The summed E-state index contributed by atoms with van der Waals surface area (Å²) in [5, 5.41) is 3.06. The van der Waals surface area contributed by atoms with E-state index in [9.17, 15) is 4.79 Å². The fraction of sp³-hybridized carbons (Fsp3) is 0.310. The van der Waals surface area contributed by atoms with Crippen molar-refractivity contribution in [3.63, 3.8) is 0 Å². The lowest BCUT2D eigenvalue weighted by atomic mass is 10.1. The first-order valence-corrected chi connectivity index (χ1v) is 12.1. The molecule has 1 N–H and O–H groups in total. The Morgan fingerprint density at radius 1 is 0.882 bits per heavy atom. The zero-order valence-electron chi connectivity index (χ0n) is 19.9. The third-order valence-corrected chi connectivity index (χ3v) is 6.14. The molecule has 0 spiro atoms. The monoisotopic (exact) mass is 455 g/mol. The highest BCUT2D eigenvalue weighted by Crippen LogP contribution is 2.24. The first kappa shape index (κ1) is 23.6. The Balaban J connectivity index is 1.27. The van der Waals surface area contributed by atoms with Gasteiger partial charge >= 0.3 is 0 Å². The topological polar surface area (TPSA) is 56.1 Å². The van der Waals surface area contributed by atoms with Crippen molar-refractivity contribution in [3.05, 3.63) is 95.8 Å². The van der Waals surface area contributed by atoms with E-state index in [4.69, 9.17) is 9.72 Å². The average Bonchev–Trinajstić information content (AvgIpc) is 3.23. The van der Waals surface area contributed by atoms with Crippen LogP contribution in [0.25, 0.3) is 11.0 Å². The molecule has 4 aromatic rings. The molecule has 0 aliphatic carbocycles. The van der Waals surface area contributed by atoms with Gasteiger partial charge in [0.25, 0.3) is 0 Å². The smallest absolute Gasteiger partial charge is 0.220 e. The van der Waals surface area contributed by atoms with Gasteiger partial charge in [-0.25, -0.2) is 4.98 Å². The Bertz CT molecular complexity index is 1200. The molecule has 1 aromatic heterocycles. The molecule has 0 bridgehead atoms. The van der Waals surface area contributed by atoms with Crippen molar-refractivity contribution in [2.45, 2.75) is 45.1 Å². The van der Waals surface area contributed by atoms with Crippen LogP contribution in [-0.2, 0) is 24.2 Å². The van der Waals surface area contributed by atoms with E-state index in [0.29, 0.717) is 6.42 Å². The molecule has 0 unspecified atom stereocenters. The largest absolute Gasteiger partial charge is 0.496 e. The maximum absolute atomic E-state index is 12.1. The van der Waals surface area contributed by atoms with Gasteiger partial charge in [-0.05, 0) is 43.0 Å². The lowest BCUT2D eigenvalue weighted by Crippen LogP contribution is -2.24. The van der Waals surface area contributed by atoms with Crippen LogP contribution in [0.5, 0.6) is 5.75 Å². The highest BCUT2D eigenvalue weighted by molar-refractivity contribution is 5.76. The molecule has 0 radical (unpaired) electrons. The van der Waals surface area contributed by atoms with Gasteiger partial charge in [-0.2, -0.15) is 0 Å². The third kappa shape index (κ3) is 6.25. The Kier molecular flexibility index (Phi) is 8.33. The summed E-state index contributed by atoms with van der Waals surface area (Å²) < 4.78 is 7.87. The summed E-state index contributed by atoms with van der Waals surface area (Å²) in [4.78, 5) is 17.0. The van der Waals surface area contributed by atoms with Crippen molar-refractivity contribution in [2.24, 2.45) is 0 Å². The summed E-state index contributed by atoms with van der Waals surface area (Å²) >= 11 is 0. The molecular formula is C29H33N3O2. The van der Waals surface area contributed by atoms with Gasteiger partial charge < -0.3 is 14.6 Å². The van der Waals surface area contributed by atoms with E-state index < -0.39 is 0 Å². The molecule has 3 aromatic carbocycles. The number of hydrogen-bond donors (Lipinski definition) is 1. The molecule has 5 heteroatoms. The minimum absolute atomic E-state index is 0.127. The molecule has 1 amide bonds. The van der Waals surface area contributed by atoms with Crippen LogP contribution in [0.1, 0.15) is 42.6 Å². The molecule has 0 saturated heterocycles. The molecular weight excluding hydrogens is 422 g/mol. The summed E-state index contributed by atoms with van der Waals surface area (Å²) in [7, 11) is 1.71. The number of hydrogen-bond acceptors (Lipinski definition) is 3. The number of nitrogens with one attached hydrogen (secondary N) is 1. The van der Waals surface area contributed by atoms with Crippen LogP contribution in [0.3, 0.4) is 0 Å². The van der Waals surface area contributed by atoms with E-state index in [-0.39, 0.29) is 5.91 Å². The molecule has 1 heterocycles. The van der Waals surface area contributed by atoms with E-state index in [1.54, 1.807) is 7.11 Å². The SMILES string of the molecule is COc1ccccc1Cn1c(CCCCCNC(=O)CCc2ccccc2)nc2ccccc21. The molecule has 34 heavy (non-hydrogen) atoms. The molecule has 0 saturated carbocycles. The van der Waals surface area contributed by atoms with Crippen LogP contribution in [0.4, 0.5) is 0 Å². The van der Waals surface area contributed by atoms with Gasteiger partial charge in [-0.3, -0.25) is 4.79 Å². The number of aryl methyl sites for hydroxylation is 2. The standard InChI is InChI=1S/C29H33N3O2/c1-34-27-17-10-7-14-24(27)22-32-26-16-9-8-15-25(26)31-28(32)18-6-3-11-21-30-29(33)20-19-23-12-4-2-5-13-23/h2,4-5,7-10,12-17H,3,6,11,18-22H2,1H3,(H,30,33). The average molecular weight is 456 g/mol. The van der Waals surface area contributed by atoms with Gasteiger partial charge in [0.1, 0.15) is 11.6 Å². The van der Waals surface area contributed by atoms with E-state index in [0.717, 1.165) is 73.4 Å². The first-order chi connectivity index (χ1) is 16.7. The van der Waals surface area contributed by atoms with Gasteiger partial charge in [-0.1, -0.05) is 67.1 Å². The maximum Gasteiger partial charge on any atom is 0.220 e. The van der Waals surface area contributed by atoms with Crippen LogP contribution >= 0.6 is 0 Å². The molecule has 5 nitrogen and oxygen atoms in total. The number of para-hydroxylation sites is 3. The zero-order valence-corrected chi connectivity index (χ0v) is 19.9. The highest BCUT2D eigenvalue weighted by Gasteiger charge is 2.12. The van der Waals surface area contributed by atoms with Gasteiger partial charge in [0.05, 0.1) is 24.7 Å². The summed E-state index contributed by atoms with van der Waals surface area (Å²) in [6.07, 6.45) is 5.30. The van der Waals surface area contributed by atoms with E-state index in [1.165, 1.54) is 5.56 Å². The summed E-state index contributed by atoms with van der Waals surface area (Å²) in [6, 6.07) is 26.6. The molecule has 0 fully saturated rings. The Morgan fingerprint density at radius 3 is 2.50 bits per heavy atom. The van der Waals surface area contributed by atoms with Crippen LogP contribution in [0, 0.1) is 0 Å². The number of unbranched alkanes of at least 4 members (excludes halogenated alkanes) is 2. The highest BCUT2D eigenvalue weighted by atomic mass is 16.5. The molecule has 4 rings (SSSR count). The van der Waals surface area contributed by atoms with E-state index >= 15 is 0 Å². The molecule has 0 aliphatic heterocycles. The number of aromatic nitrogens is 2. The van der Waals surface area contributed by atoms with Crippen molar-refractivity contribution < 1.29 is 9.53 Å². The van der Waals surface area contributed by atoms with Crippen molar-refractivity contribution in [3.8, 4) is 5.75 Å². The van der Waals surface area contributed by atoms with Crippen LogP contribution in [-0.4, -0.2) is 29.1 Å². The predicted octanol–water partition coefficient (Wildman–Crippen LogP) is 5.56. The molecule has 176 valence electrons. The molecule has 0 aliphatic rings. The van der Waals surface area contributed by atoms with Crippen molar-refractivity contribution >= 4 is 16.9 Å². The fourth-order valence-electron chi connectivity index (χ4n) is 4.30. The number of nitrogens with zero attached hydrogens (tertiary/aromatic N) is 2. The number of ether oxygens (including phenoxy) is 1. The minimum Gasteiger partial charge on any atom is -0.496 e. The van der Waals surface area contributed by atoms with Crippen molar-refractivity contribution in [2.75, 3.05) is 13.7 Å². The quantitative estimate of drug-likeness (QED) is 0.285. The van der Waals surface area contributed by atoms with E-state index in [1.807, 2.05) is 42.5 Å². The Labute approximate surface area is 201 Å². The second kappa shape index (κ2) is 12.0. The fourth-order valence-corrected chi connectivity index (χ4v) is 4.30. The number of methoxy groups -OCH3 is 1. The number of amides is 1. The van der Waals surface area contributed by atoms with Crippen LogP contribution in [0.15, 0.2) is 78.9 Å². The predicted molar refractivity (Wildman–Crippen MR) is 137 cm³/mol. The number of fused-ring (bicyclic) bond motifs is 1. The van der Waals surface area contributed by atoms with Gasteiger partial charge in [0.15, 0.2) is 0 Å². The van der Waals surface area contributed by atoms with Gasteiger partial charge in [0.2, 0.25) is 5.91 Å². The van der Waals surface area contributed by atoms with Crippen molar-refractivity contribution in [1.29, 1.82) is 0 Å². The second-order valence-electron chi connectivity index (χ2n) is 8.56. The van der Waals surface area contributed by atoms with Crippen LogP contribution < -0.4 is 10.1 Å². The summed E-state index contributed by atoms with van der Waals surface area (Å²) in [5.41, 5.74) is 4.52. The summed E-state index contributed by atoms with van der Waals surface area (Å²) in [5.74, 6) is 2.12. The third-order valence-electron chi connectivity index (χ3n) is 6.14. The van der Waals surface area contributed by atoms with Crippen LogP contribution in [0.2, 0.25) is 0 Å². The number of rotatable bonds is 12. The zero-order chi connectivity index (χ0) is 23.6. The van der Waals surface area contributed by atoms with Crippen molar-refractivity contribution in [1.82, 2.24) is 14.9 Å². The first-order valence-electron chi connectivity index (χ1n) is 12.1. The minimum atomic E-state index is 0.127. The lowest BCUT2D eigenvalue weighted by Gasteiger charge is -2.12. The number of carbonyl (C=O) groups excluding carboxylic acids is 1. The number of imidazole rings is 1. The second-order valence-corrected chi connectivity index (χ2v) is 8.56. The Morgan fingerprint density at radius 2 is 1.65 bits per heavy atom. The summed E-state index contributed by atoms with van der Waals surface area (Å²) in [6.45, 7) is 1.46.